The van der Waals surface area contributed by atoms with E-state index in [0.717, 1.165) is 30.2 Å². The summed E-state index contributed by atoms with van der Waals surface area (Å²) >= 11 is 9.10. The minimum absolute atomic E-state index is 0.0680. The molecular formula is C31H34Br2F4N4O5S2. The molecule has 9 nitrogen and oxygen atoms in total. The second-order valence-corrected chi connectivity index (χ2v) is 18.7. The SMILES string of the molecule is COC(=O)c1sc(Br)c2c1N(CC(N)C1[C@H]3COC[C@@H]13)CC(F)(F)C2.O=C1NC(C2[C@H]3COC[C@@H]23)CN2CC(F)(F)Cc3c(Br)sc1c32. The van der Waals surface area contributed by atoms with Crippen molar-refractivity contribution in [2.24, 2.45) is 41.2 Å². The normalized spacial score (nSPS) is 33.7. The standard InChI is InChI=1S/C16H19BrF2N2O3S.C15H15BrF2N2O2S/c1-23-15(22)13-12-7(14(17)25-13)2-16(18,19)6-21(12)3-10(20)11-8-4-24-5-9(8)11;16-13-6-1-15(17,18)5-20-2-9(10-7-3-22-4-8(7)10)19-14(21)12(23-13)11(6)20/h8-11H,2-6,20H2,1H3;7-10H,1-5H2,(H,19,21)/t8-,9+,10?,11?;7-,8+,9?,10?. The number of fused-ring (bicyclic) bond motifs is 3. The van der Waals surface area contributed by atoms with Gasteiger partial charge < -0.3 is 35.1 Å². The third kappa shape index (κ3) is 5.80. The number of rotatable bonds is 5. The van der Waals surface area contributed by atoms with Gasteiger partial charge in [0, 0.05) is 43.1 Å². The zero-order chi connectivity index (χ0) is 33.9. The van der Waals surface area contributed by atoms with Crippen LogP contribution in [0.4, 0.5) is 28.9 Å². The maximum Gasteiger partial charge on any atom is 0.350 e. The fourth-order valence-electron chi connectivity index (χ4n) is 8.79. The molecule has 7 heterocycles. The quantitative estimate of drug-likeness (QED) is 0.320. The van der Waals surface area contributed by atoms with E-state index in [2.05, 4.69) is 37.2 Å². The number of nitrogens with zero attached hydrogens (tertiary/aromatic N) is 2. The zero-order valence-corrected chi connectivity index (χ0v) is 30.6. The third-order valence-corrected chi connectivity index (χ3v) is 14.9. The number of hydrogen-bond acceptors (Lipinski definition) is 10. The van der Waals surface area contributed by atoms with Crippen LogP contribution in [-0.2, 0) is 27.1 Å². The number of amides is 1. The molecule has 9 rings (SSSR count). The Hall–Kier alpha value is -1.50. The lowest BCUT2D eigenvalue weighted by Crippen LogP contribution is -2.49. The van der Waals surface area contributed by atoms with Gasteiger partial charge in [0.25, 0.3) is 17.8 Å². The molecule has 2 aromatic rings. The maximum absolute atomic E-state index is 14.3. The molecule has 2 saturated carbocycles. The molecule has 262 valence electrons. The van der Waals surface area contributed by atoms with Crippen LogP contribution in [0.2, 0.25) is 0 Å². The number of ether oxygens (including phenoxy) is 3. The molecule has 4 fully saturated rings. The van der Waals surface area contributed by atoms with Gasteiger partial charge in [0.1, 0.15) is 9.75 Å². The van der Waals surface area contributed by atoms with Crippen LogP contribution in [0.15, 0.2) is 7.57 Å². The minimum Gasteiger partial charge on any atom is -0.465 e. The number of halogens is 6. The highest BCUT2D eigenvalue weighted by Crippen LogP contribution is 2.55. The fourth-order valence-corrected chi connectivity index (χ4v) is 12.4. The highest BCUT2D eigenvalue weighted by atomic mass is 79.9. The molecule has 2 aliphatic carbocycles. The Labute approximate surface area is 299 Å². The van der Waals surface area contributed by atoms with Gasteiger partial charge in [0.2, 0.25) is 0 Å². The van der Waals surface area contributed by atoms with Gasteiger partial charge in [0.15, 0.2) is 0 Å². The molecule has 48 heavy (non-hydrogen) atoms. The van der Waals surface area contributed by atoms with Crippen molar-refractivity contribution >= 4 is 77.8 Å². The monoisotopic (exact) mass is 840 g/mol. The van der Waals surface area contributed by atoms with Gasteiger partial charge >= 0.3 is 5.97 Å². The molecule has 3 N–H and O–H groups in total. The van der Waals surface area contributed by atoms with Crippen LogP contribution in [-0.4, -0.2) is 95.5 Å². The number of carbonyl (C=O) groups excluding carboxylic acids is 2. The van der Waals surface area contributed by atoms with E-state index in [4.69, 9.17) is 19.9 Å². The summed E-state index contributed by atoms with van der Waals surface area (Å²) in [6.45, 7) is 2.91. The summed E-state index contributed by atoms with van der Waals surface area (Å²) in [7, 11) is 1.29. The predicted molar refractivity (Wildman–Crippen MR) is 179 cm³/mol. The number of hydrogen-bond donors (Lipinski definition) is 2. The summed E-state index contributed by atoms with van der Waals surface area (Å²) in [6, 6.07) is -0.286. The van der Waals surface area contributed by atoms with Crippen LogP contribution >= 0.6 is 54.5 Å². The van der Waals surface area contributed by atoms with E-state index in [9.17, 15) is 27.2 Å². The number of esters is 1. The van der Waals surface area contributed by atoms with Crippen LogP contribution in [0.1, 0.15) is 30.5 Å². The molecule has 0 spiro atoms. The first-order valence-electron chi connectivity index (χ1n) is 15.9. The van der Waals surface area contributed by atoms with Gasteiger partial charge in [-0.15, -0.1) is 22.7 Å². The van der Waals surface area contributed by atoms with Crippen molar-refractivity contribution in [3.63, 3.8) is 0 Å². The molecule has 17 heteroatoms. The minimum atomic E-state index is -2.85. The average molecular weight is 843 g/mol. The first-order chi connectivity index (χ1) is 22.8. The van der Waals surface area contributed by atoms with Crippen molar-refractivity contribution in [3.05, 3.63) is 28.5 Å². The Kier molecular flexibility index (Phi) is 8.44. The van der Waals surface area contributed by atoms with Crippen LogP contribution < -0.4 is 20.9 Å². The van der Waals surface area contributed by atoms with E-state index in [0.29, 0.717) is 96.0 Å². The number of anilines is 2. The highest BCUT2D eigenvalue weighted by molar-refractivity contribution is 9.11. The van der Waals surface area contributed by atoms with Crippen molar-refractivity contribution in [1.29, 1.82) is 0 Å². The predicted octanol–water partition coefficient (Wildman–Crippen LogP) is 5.03. The first-order valence-corrected chi connectivity index (χ1v) is 19.2. The summed E-state index contributed by atoms with van der Waals surface area (Å²) < 4.78 is 73.7. The van der Waals surface area contributed by atoms with Gasteiger partial charge in [0.05, 0.1) is 71.6 Å². The topological polar surface area (TPSA) is 106 Å². The van der Waals surface area contributed by atoms with E-state index in [-0.39, 0.29) is 37.4 Å². The molecule has 2 aromatic heterocycles. The Morgan fingerprint density at radius 2 is 1.56 bits per heavy atom. The lowest BCUT2D eigenvalue weighted by molar-refractivity contribution is 0.00415. The van der Waals surface area contributed by atoms with E-state index < -0.39 is 24.4 Å². The summed E-state index contributed by atoms with van der Waals surface area (Å²) in [5, 5.41) is 3.09. The molecule has 8 atom stereocenters. The smallest absolute Gasteiger partial charge is 0.350 e. The second-order valence-electron chi connectivity index (χ2n) is 14.0. The average Bonchev–Trinajstić information content (AvgIpc) is 3.49. The van der Waals surface area contributed by atoms with Crippen molar-refractivity contribution in [2.45, 2.75) is 36.8 Å². The molecule has 1 amide bonds. The van der Waals surface area contributed by atoms with Gasteiger partial charge in [-0.3, -0.25) is 4.79 Å². The summed E-state index contributed by atoms with van der Waals surface area (Å²) in [6.07, 6.45) is -0.680. The lowest BCUT2D eigenvalue weighted by atomic mass is 9.99. The van der Waals surface area contributed by atoms with Crippen LogP contribution in [0.5, 0.6) is 0 Å². The fraction of sp³-hybridized carbons (Fsp3) is 0.677. The maximum atomic E-state index is 14.3. The third-order valence-electron chi connectivity index (χ3n) is 10.9. The lowest BCUT2D eigenvalue weighted by Gasteiger charge is -2.36. The molecule has 0 radical (unpaired) electrons. The Morgan fingerprint density at radius 1 is 0.979 bits per heavy atom. The molecule has 0 bridgehead atoms. The summed E-state index contributed by atoms with van der Waals surface area (Å²) in [4.78, 5) is 28.9. The number of nitrogens with two attached hydrogens (primary N) is 1. The molecular weight excluding hydrogens is 808 g/mol. The van der Waals surface area contributed by atoms with Crippen molar-refractivity contribution in [3.8, 4) is 0 Å². The van der Waals surface area contributed by atoms with Gasteiger partial charge in [-0.1, -0.05) is 0 Å². The second kappa shape index (κ2) is 12.0. The highest BCUT2D eigenvalue weighted by Gasteiger charge is 2.59. The molecule has 0 aromatic carbocycles. The number of carbonyl (C=O) groups is 2. The molecule has 5 aliphatic heterocycles. The van der Waals surface area contributed by atoms with Crippen LogP contribution in [0, 0.1) is 35.5 Å². The molecule has 2 saturated heterocycles. The van der Waals surface area contributed by atoms with Crippen LogP contribution in [0.25, 0.3) is 0 Å². The van der Waals surface area contributed by atoms with Crippen molar-refractivity contribution in [2.75, 3.05) is 69.5 Å². The molecule has 4 unspecified atom stereocenters. The first kappa shape index (κ1) is 33.6. The Morgan fingerprint density at radius 3 is 2.21 bits per heavy atom. The van der Waals surface area contributed by atoms with Gasteiger partial charge in [-0.2, -0.15) is 0 Å². The Balaban J connectivity index is 0.000000140. The number of nitrogens with one attached hydrogen (secondary N) is 1. The van der Waals surface area contributed by atoms with E-state index in [1.807, 2.05) is 0 Å². The summed E-state index contributed by atoms with van der Waals surface area (Å²) in [5.74, 6) is -3.70. The number of thiophene rings is 2. The van der Waals surface area contributed by atoms with Gasteiger partial charge in [-0.25, -0.2) is 22.4 Å². The van der Waals surface area contributed by atoms with E-state index in [1.54, 1.807) is 9.80 Å². The summed E-state index contributed by atoms with van der Waals surface area (Å²) in [5.41, 5.74) is 8.66. The number of methoxy groups -OCH3 is 1. The largest absolute Gasteiger partial charge is 0.465 e. The van der Waals surface area contributed by atoms with Crippen molar-refractivity contribution < 1.29 is 41.4 Å². The number of alkyl halides is 4. The Bertz CT molecular complexity index is 1640. The molecule has 7 aliphatic rings. The van der Waals surface area contributed by atoms with Crippen LogP contribution in [0.3, 0.4) is 0 Å². The van der Waals surface area contributed by atoms with Crippen molar-refractivity contribution in [1.82, 2.24) is 5.32 Å². The van der Waals surface area contributed by atoms with Gasteiger partial charge in [-0.05, 0) is 67.4 Å². The zero-order valence-electron chi connectivity index (χ0n) is 25.8. The van der Waals surface area contributed by atoms with E-state index in [1.165, 1.54) is 18.4 Å². The van der Waals surface area contributed by atoms with E-state index >= 15 is 0 Å².